The van der Waals surface area contributed by atoms with Crippen molar-refractivity contribution in [3.8, 4) is 0 Å². The first-order valence-corrected chi connectivity index (χ1v) is 8.53. The van der Waals surface area contributed by atoms with E-state index in [-0.39, 0.29) is 23.5 Å². The Morgan fingerprint density at radius 3 is 2.66 bits per heavy atom. The molecule has 0 unspecified atom stereocenters. The van der Waals surface area contributed by atoms with Crippen LogP contribution in [0.4, 0.5) is 23.2 Å². The van der Waals surface area contributed by atoms with Crippen molar-refractivity contribution in [2.75, 3.05) is 5.32 Å². The van der Waals surface area contributed by atoms with Crippen LogP contribution in [0.5, 0.6) is 0 Å². The third-order valence-electron chi connectivity index (χ3n) is 3.93. The van der Waals surface area contributed by atoms with Crippen molar-refractivity contribution >= 4 is 23.2 Å². The van der Waals surface area contributed by atoms with Gasteiger partial charge in [0.1, 0.15) is 11.9 Å². The van der Waals surface area contributed by atoms with Gasteiger partial charge >= 0.3 is 6.18 Å². The van der Waals surface area contributed by atoms with E-state index in [1.165, 1.54) is 30.5 Å². The van der Waals surface area contributed by atoms with Gasteiger partial charge in [0, 0.05) is 11.3 Å². The fourth-order valence-electron chi connectivity index (χ4n) is 2.53. The fraction of sp³-hybridized carbons (Fsp3) is 0.167. The van der Waals surface area contributed by atoms with Gasteiger partial charge in [-0.15, -0.1) is 5.10 Å². The first-order chi connectivity index (χ1) is 13.6. The molecule has 0 bridgehead atoms. The molecule has 11 heteroatoms. The molecule has 0 spiro atoms. The van der Waals surface area contributed by atoms with Crippen LogP contribution in [0.3, 0.4) is 0 Å². The van der Waals surface area contributed by atoms with E-state index >= 15 is 0 Å². The normalized spacial score (nSPS) is 12.6. The molecule has 6 nitrogen and oxygen atoms in total. The average Bonchev–Trinajstić information content (AvgIpc) is 3.11. The molecule has 1 heterocycles. The third kappa shape index (κ3) is 4.90. The number of nitrogens with one attached hydrogen (secondary N) is 1. The van der Waals surface area contributed by atoms with E-state index in [2.05, 4.69) is 15.6 Å². The molecule has 0 saturated carbocycles. The average molecular weight is 429 g/mol. The van der Waals surface area contributed by atoms with Crippen LogP contribution in [0, 0.1) is 5.82 Å². The van der Waals surface area contributed by atoms with Gasteiger partial charge in [-0.25, -0.2) is 9.07 Å². The van der Waals surface area contributed by atoms with Gasteiger partial charge in [-0.1, -0.05) is 35.0 Å². The zero-order valence-electron chi connectivity index (χ0n) is 14.5. The van der Waals surface area contributed by atoms with Gasteiger partial charge in [0.05, 0.1) is 23.3 Å². The lowest BCUT2D eigenvalue weighted by Gasteiger charge is -2.11. The highest BCUT2D eigenvalue weighted by molar-refractivity contribution is 6.31. The van der Waals surface area contributed by atoms with E-state index in [4.69, 9.17) is 11.6 Å². The summed E-state index contributed by atoms with van der Waals surface area (Å²) < 4.78 is 53.6. The van der Waals surface area contributed by atoms with E-state index in [1.807, 2.05) is 0 Å². The number of hydrogen-bond acceptors (Lipinski definition) is 4. The van der Waals surface area contributed by atoms with Gasteiger partial charge in [0.15, 0.2) is 5.69 Å². The Morgan fingerprint density at radius 1 is 1.24 bits per heavy atom. The summed E-state index contributed by atoms with van der Waals surface area (Å²) in [6.07, 6.45) is -4.73. The van der Waals surface area contributed by atoms with Gasteiger partial charge in [-0.05, 0) is 24.3 Å². The Balaban J connectivity index is 1.71. The quantitative estimate of drug-likeness (QED) is 0.600. The van der Waals surface area contributed by atoms with Crippen LogP contribution in [-0.4, -0.2) is 26.0 Å². The van der Waals surface area contributed by atoms with Crippen LogP contribution in [-0.2, 0) is 12.7 Å². The topological polar surface area (TPSA) is 80.0 Å². The number of anilines is 1. The second kappa shape index (κ2) is 8.18. The molecule has 0 aliphatic heterocycles. The smallest absolute Gasteiger partial charge is 0.386 e. The van der Waals surface area contributed by atoms with Crippen LogP contribution in [0.1, 0.15) is 27.7 Å². The van der Waals surface area contributed by atoms with Gasteiger partial charge in [0.25, 0.3) is 5.91 Å². The molecule has 1 atom stereocenters. The maximum Gasteiger partial charge on any atom is 0.417 e. The molecular formula is C18H13ClF4N4O2. The number of carbonyl (C=O) groups excluding carboxylic acids is 1. The largest absolute Gasteiger partial charge is 0.417 e. The van der Waals surface area contributed by atoms with Crippen LogP contribution in [0.15, 0.2) is 48.7 Å². The molecule has 1 aromatic heterocycles. The first-order valence-electron chi connectivity index (χ1n) is 8.16. The highest BCUT2D eigenvalue weighted by Gasteiger charge is 2.33. The standard InChI is InChI=1S/C18H13ClF4N4O2/c19-13-6-5-10(7-12(13)18(21,22)23)24-17(29)15-8-27(26-25-15)9-16(28)11-3-1-2-4-14(11)20/h1-8,16,28H,9H2,(H,24,29)/t16-/m1/s1. The molecule has 152 valence electrons. The van der Waals surface area contributed by atoms with Crippen LogP contribution in [0.25, 0.3) is 0 Å². The number of aromatic nitrogens is 3. The lowest BCUT2D eigenvalue weighted by atomic mass is 10.1. The maximum atomic E-state index is 13.7. The number of aliphatic hydroxyl groups is 1. The number of halogens is 5. The number of carbonyl (C=O) groups is 1. The number of amides is 1. The number of rotatable bonds is 5. The number of hydrogen-bond donors (Lipinski definition) is 2. The Kier molecular flexibility index (Phi) is 5.85. The monoisotopic (exact) mass is 428 g/mol. The van der Waals surface area contributed by atoms with E-state index in [9.17, 15) is 27.5 Å². The summed E-state index contributed by atoms with van der Waals surface area (Å²) in [5, 5.41) is 19.2. The van der Waals surface area contributed by atoms with E-state index in [1.54, 1.807) is 6.07 Å². The predicted octanol–water partition coefficient (Wildman–Crippen LogP) is 4.08. The highest BCUT2D eigenvalue weighted by atomic mass is 35.5. The van der Waals surface area contributed by atoms with E-state index < -0.39 is 34.6 Å². The van der Waals surface area contributed by atoms with Crippen molar-refractivity contribution in [3.05, 3.63) is 76.3 Å². The summed E-state index contributed by atoms with van der Waals surface area (Å²) in [7, 11) is 0. The van der Waals surface area contributed by atoms with Crippen molar-refractivity contribution in [2.24, 2.45) is 0 Å². The number of nitrogens with zero attached hydrogens (tertiary/aromatic N) is 3. The number of benzene rings is 2. The lowest BCUT2D eigenvalue weighted by Crippen LogP contribution is -2.14. The van der Waals surface area contributed by atoms with Crippen LogP contribution < -0.4 is 5.32 Å². The molecule has 2 N–H and O–H groups in total. The molecule has 0 saturated heterocycles. The molecule has 0 aliphatic rings. The molecular weight excluding hydrogens is 416 g/mol. The molecule has 3 rings (SSSR count). The third-order valence-corrected chi connectivity index (χ3v) is 4.25. The van der Waals surface area contributed by atoms with Crippen LogP contribution in [0.2, 0.25) is 5.02 Å². The Hall–Kier alpha value is -2.98. The first kappa shape index (κ1) is 20.7. The van der Waals surface area contributed by atoms with Crippen LogP contribution >= 0.6 is 11.6 Å². The molecule has 0 aliphatic carbocycles. The summed E-state index contributed by atoms with van der Waals surface area (Å²) in [4.78, 5) is 12.2. The van der Waals surface area contributed by atoms with Crippen molar-refractivity contribution in [2.45, 2.75) is 18.8 Å². The molecule has 29 heavy (non-hydrogen) atoms. The Labute approximate surface area is 166 Å². The van der Waals surface area contributed by atoms with Gasteiger partial charge in [-0.3, -0.25) is 4.79 Å². The molecule has 2 aromatic carbocycles. The van der Waals surface area contributed by atoms with Crippen molar-refractivity contribution in [3.63, 3.8) is 0 Å². The second-order valence-corrected chi connectivity index (χ2v) is 6.42. The predicted molar refractivity (Wildman–Crippen MR) is 95.8 cm³/mol. The highest BCUT2D eigenvalue weighted by Crippen LogP contribution is 2.36. The zero-order valence-corrected chi connectivity index (χ0v) is 15.2. The van der Waals surface area contributed by atoms with Crippen molar-refractivity contribution in [1.82, 2.24) is 15.0 Å². The summed E-state index contributed by atoms with van der Waals surface area (Å²) in [5.41, 5.74) is -1.37. The van der Waals surface area contributed by atoms with Gasteiger partial charge in [0.2, 0.25) is 0 Å². The van der Waals surface area contributed by atoms with Gasteiger partial charge < -0.3 is 10.4 Å². The maximum absolute atomic E-state index is 13.7. The Morgan fingerprint density at radius 2 is 1.97 bits per heavy atom. The Bertz CT molecular complexity index is 1040. The molecule has 3 aromatic rings. The lowest BCUT2D eigenvalue weighted by molar-refractivity contribution is -0.137. The van der Waals surface area contributed by atoms with Gasteiger partial charge in [-0.2, -0.15) is 13.2 Å². The molecule has 0 radical (unpaired) electrons. The molecule has 1 amide bonds. The minimum absolute atomic E-state index is 0.0508. The van der Waals surface area contributed by atoms with Crippen molar-refractivity contribution in [1.29, 1.82) is 0 Å². The minimum Gasteiger partial charge on any atom is -0.386 e. The summed E-state index contributed by atoms with van der Waals surface area (Å²) in [6, 6.07) is 8.56. The number of aliphatic hydroxyl groups excluding tert-OH is 1. The summed E-state index contributed by atoms with van der Waals surface area (Å²) in [5.74, 6) is -1.41. The van der Waals surface area contributed by atoms with E-state index in [0.29, 0.717) is 6.07 Å². The second-order valence-electron chi connectivity index (χ2n) is 6.01. The fourth-order valence-corrected chi connectivity index (χ4v) is 2.75. The molecule has 0 fully saturated rings. The minimum atomic E-state index is -4.68. The number of alkyl halides is 3. The zero-order chi connectivity index (χ0) is 21.2. The van der Waals surface area contributed by atoms with E-state index in [0.717, 1.165) is 10.7 Å². The summed E-state index contributed by atoms with van der Waals surface area (Å²) >= 11 is 5.54. The summed E-state index contributed by atoms with van der Waals surface area (Å²) in [6.45, 7) is -0.180. The SMILES string of the molecule is O=C(Nc1ccc(Cl)c(C(F)(F)F)c1)c1cn(C[C@@H](O)c2ccccc2F)nn1. The van der Waals surface area contributed by atoms with Crippen molar-refractivity contribution < 1.29 is 27.5 Å².